The number of alkyl halides is 1. The molecule has 2 aromatic rings. The Balaban J connectivity index is 2.20. The number of hydrogen-bond acceptors (Lipinski definition) is 2. The van der Waals surface area contributed by atoms with Crippen LogP contribution in [-0.4, -0.2) is 16.4 Å². The third-order valence-corrected chi connectivity index (χ3v) is 4.29. The first-order valence-electron chi connectivity index (χ1n) is 6.04. The third-order valence-electron chi connectivity index (χ3n) is 2.93. The number of ketones is 2. The maximum Gasteiger partial charge on any atom is 0.184 e. The summed E-state index contributed by atoms with van der Waals surface area (Å²) >= 11 is 6.52. The Kier molecular flexibility index (Phi) is 4.89. The number of hydrogen-bond donors (Lipinski definition) is 0. The van der Waals surface area contributed by atoms with Gasteiger partial charge in [-0.05, 0) is 19.1 Å². The molecule has 0 saturated carbocycles. The van der Waals surface area contributed by atoms with Crippen LogP contribution in [0.3, 0.4) is 0 Å². The highest BCUT2D eigenvalue weighted by Gasteiger charge is 2.25. The summed E-state index contributed by atoms with van der Waals surface area (Å²) in [5, 5.41) is 0. The van der Waals surface area contributed by atoms with E-state index in [0.717, 1.165) is 10.0 Å². The van der Waals surface area contributed by atoms with Gasteiger partial charge in [-0.1, -0.05) is 73.8 Å². The zero-order chi connectivity index (χ0) is 14.7. The van der Waals surface area contributed by atoms with Gasteiger partial charge in [-0.3, -0.25) is 9.59 Å². The number of carbonyl (C=O) groups excluding carboxylic acids is 2. The van der Waals surface area contributed by atoms with Crippen molar-refractivity contribution in [3.8, 4) is 0 Å². The van der Waals surface area contributed by atoms with Crippen LogP contribution in [0.5, 0.6) is 0 Å². The van der Waals surface area contributed by atoms with Crippen molar-refractivity contribution in [1.29, 1.82) is 0 Å². The summed E-state index contributed by atoms with van der Waals surface area (Å²) in [6, 6.07) is 14.1. The molecule has 0 bridgehead atoms. The Bertz CT molecular complexity index is 573. The van der Waals surface area contributed by atoms with Crippen LogP contribution in [0.1, 0.15) is 26.3 Å². The molecule has 0 N–H and O–H groups in total. The third kappa shape index (κ3) is 3.44. The van der Waals surface area contributed by atoms with Crippen molar-refractivity contribution in [2.75, 3.05) is 0 Å². The van der Waals surface area contributed by atoms with Gasteiger partial charge in [-0.2, -0.15) is 0 Å². The molecule has 102 valence electrons. The first-order valence-corrected chi connectivity index (χ1v) is 7.74. The molecule has 0 saturated heterocycles. The molecule has 2 rings (SSSR count). The zero-order valence-electron chi connectivity index (χ0n) is 10.8. The van der Waals surface area contributed by atoms with Crippen LogP contribution in [0.15, 0.2) is 53.0 Å². The normalized spacial score (nSPS) is 11.9. The molecule has 0 aliphatic carbocycles. The molecule has 2 aromatic carbocycles. The fraction of sp³-hybridized carbons (Fsp3) is 0.125. The Labute approximate surface area is 134 Å². The predicted molar refractivity (Wildman–Crippen MR) is 86.7 cm³/mol. The second-order valence-electron chi connectivity index (χ2n) is 4.46. The molecular weight excluding hydrogens is 384 g/mol. The summed E-state index contributed by atoms with van der Waals surface area (Å²) in [5.41, 5.74) is 2.12. The summed E-state index contributed by atoms with van der Waals surface area (Å²) < 4.78 is 0.894. The van der Waals surface area contributed by atoms with Gasteiger partial charge in [0, 0.05) is 15.6 Å². The number of halogens is 2. The van der Waals surface area contributed by atoms with Crippen molar-refractivity contribution in [3.05, 3.63) is 69.7 Å². The molecule has 0 radical (unpaired) electrons. The molecule has 0 aliphatic heterocycles. The maximum absolute atomic E-state index is 12.3. The Morgan fingerprint density at radius 2 is 1.25 bits per heavy atom. The predicted octanol–water partition coefficient (Wildman–Crippen LogP) is 4.59. The molecule has 2 nitrogen and oxygen atoms in total. The molecule has 1 atom stereocenters. The van der Waals surface area contributed by atoms with Crippen molar-refractivity contribution in [1.82, 2.24) is 0 Å². The van der Waals surface area contributed by atoms with E-state index in [4.69, 9.17) is 0 Å². The van der Waals surface area contributed by atoms with Crippen molar-refractivity contribution in [3.63, 3.8) is 0 Å². The van der Waals surface area contributed by atoms with Crippen molar-refractivity contribution >= 4 is 43.4 Å². The zero-order valence-corrected chi connectivity index (χ0v) is 13.9. The van der Waals surface area contributed by atoms with Crippen LogP contribution < -0.4 is 0 Å². The van der Waals surface area contributed by atoms with E-state index in [2.05, 4.69) is 31.9 Å². The van der Waals surface area contributed by atoms with Gasteiger partial charge < -0.3 is 0 Å². The average Bonchev–Trinajstić information content (AvgIpc) is 2.46. The lowest BCUT2D eigenvalue weighted by Gasteiger charge is -2.08. The SMILES string of the molecule is Cc1ccc(C(=O)C(Br)C(=O)c2ccc(Br)cc2)cc1. The highest BCUT2D eigenvalue weighted by Crippen LogP contribution is 2.18. The average molecular weight is 396 g/mol. The fourth-order valence-corrected chi connectivity index (χ4v) is 2.54. The van der Waals surface area contributed by atoms with Gasteiger partial charge in [0.1, 0.15) is 4.83 Å². The Morgan fingerprint density at radius 3 is 1.70 bits per heavy atom. The number of Topliss-reactive ketones (excluding diaryl/α,β-unsaturated/α-hetero) is 2. The summed E-state index contributed by atoms with van der Waals surface area (Å²) in [6.07, 6.45) is 0. The number of aryl methyl sites for hydroxylation is 1. The van der Waals surface area contributed by atoms with E-state index in [9.17, 15) is 9.59 Å². The lowest BCUT2D eigenvalue weighted by atomic mass is 10.0. The number of carbonyl (C=O) groups is 2. The maximum atomic E-state index is 12.3. The molecule has 0 amide bonds. The Morgan fingerprint density at radius 1 is 0.850 bits per heavy atom. The molecular formula is C16H12Br2O2. The van der Waals surface area contributed by atoms with Gasteiger partial charge in [0.15, 0.2) is 11.6 Å². The van der Waals surface area contributed by atoms with Gasteiger partial charge in [0.25, 0.3) is 0 Å². The second-order valence-corrected chi connectivity index (χ2v) is 6.30. The van der Waals surface area contributed by atoms with Gasteiger partial charge in [-0.25, -0.2) is 0 Å². The van der Waals surface area contributed by atoms with E-state index in [0.29, 0.717) is 11.1 Å². The standard InChI is InChI=1S/C16H12Br2O2/c1-10-2-4-11(5-3-10)15(19)14(18)16(20)12-6-8-13(17)9-7-12/h2-9,14H,1H3. The highest BCUT2D eigenvalue weighted by atomic mass is 79.9. The van der Waals surface area contributed by atoms with Crippen LogP contribution in [0, 0.1) is 6.92 Å². The summed E-state index contributed by atoms with van der Waals surface area (Å²) in [7, 11) is 0. The molecule has 20 heavy (non-hydrogen) atoms. The minimum atomic E-state index is -0.855. The molecule has 4 heteroatoms. The molecule has 1 unspecified atom stereocenters. The lowest BCUT2D eigenvalue weighted by Crippen LogP contribution is -2.24. The minimum absolute atomic E-state index is 0.224. The number of benzene rings is 2. The van der Waals surface area contributed by atoms with Gasteiger partial charge in [0.05, 0.1) is 0 Å². The minimum Gasteiger partial charge on any atom is -0.292 e. The molecule has 0 fully saturated rings. The van der Waals surface area contributed by atoms with Crippen molar-refractivity contribution in [2.45, 2.75) is 11.8 Å². The van der Waals surface area contributed by atoms with Crippen LogP contribution in [0.2, 0.25) is 0 Å². The summed E-state index contributed by atoms with van der Waals surface area (Å²) in [5.74, 6) is -0.457. The smallest absolute Gasteiger partial charge is 0.184 e. The van der Waals surface area contributed by atoms with Gasteiger partial charge in [-0.15, -0.1) is 0 Å². The number of rotatable bonds is 4. The van der Waals surface area contributed by atoms with Crippen LogP contribution in [0.4, 0.5) is 0 Å². The molecule has 0 aromatic heterocycles. The van der Waals surface area contributed by atoms with E-state index in [-0.39, 0.29) is 11.6 Å². The largest absolute Gasteiger partial charge is 0.292 e. The van der Waals surface area contributed by atoms with Crippen LogP contribution >= 0.6 is 31.9 Å². The monoisotopic (exact) mass is 394 g/mol. The van der Waals surface area contributed by atoms with Gasteiger partial charge in [0.2, 0.25) is 0 Å². The van der Waals surface area contributed by atoms with E-state index in [1.54, 1.807) is 36.4 Å². The topological polar surface area (TPSA) is 34.1 Å². The van der Waals surface area contributed by atoms with E-state index >= 15 is 0 Å². The fourth-order valence-electron chi connectivity index (χ4n) is 1.74. The van der Waals surface area contributed by atoms with Crippen molar-refractivity contribution < 1.29 is 9.59 Å². The molecule has 0 spiro atoms. The molecule has 0 aliphatic rings. The van der Waals surface area contributed by atoms with E-state index in [1.165, 1.54) is 0 Å². The van der Waals surface area contributed by atoms with Crippen molar-refractivity contribution in [2.24, 2.45) is 0 Å². The van der Waals surface area contributed by atoms with Crippen LogP contribution in [0.25, 0.3) is 0 Å². The van der Waals surface area contributed by atoms with Crippen LogP contribution in [-0.2, 0) is 0 Å². The first-order chi connectivity index (χ1) is 9.49. The first kappa shape index (κ1) is 15.1. The Hall–Kier alpha value is -1.26. The summed E-state index contributed by atoms with van der Waals surface area (Å²) in [6.45, 7) is 1.95. The van der Waals surface area contributed by atoms with E-state index < -0.39 is 4.83 Å². The summed E-state index contributed by atoms with van der Waals surface area (Å²) in [4.78, 5) is 23.7. The highest BCUT2D eigenvalue weighted by molar-refractivity contribution is 9.10. The lowest BCUT2D eigenvalue weighted by molar-refractivity contribution is 0.0906. The van der Waals surface area contributed by atoms with E-state index in [1.807, 2.05) is 19.1 Å². The second kappa shape index (κ2) is 6.46. The molecule has 0 heterocycles. The van der Waals surface area contributed by atoms with Gasteiger partial charge >= 0.3 is 0 Å². The quantitative estimate of drug-likeness (QED) is 0.431.